The first-order valence-electron chi connectivity index (χ1n) is 15.2. The highest BCUT2D eigenvalue weighted by Crippen LogP contribution is 2.42. The van der Waals surface area contributed by atoms with E-state index < -0.39 is 23.9 Å². The van der Waals surface area contributed by atoms with E-state index in [9.17, 15) is 24.6 Å². The Bertz CT molecular complexity index is 2070. The second-order valence-electron chi connectivity index (χ2n) is 12.1. The molecule has 0 aromatic carbocycles. The molecule has 1 fully saturated rings. The number of aliphatic hydroxyl groups excluding tert-OH is 1. The molecule has 45 heavy (non-hydrogen) atoms. The molecule has 234 valence electrons. The molecular formula is C35H38N4O6. The highest BCUT2D eigenvalue weighted by molar-refractivity contribution is 5.96. The minimum Gasteiger partial charge on any atom is -0.510 e. The number of aliphatic carboxylic acids is 1. The van der Waals surface area contributed by atoms with Crippen molar-refractivity contribution in [2.24, 2.45) is 17.8 Å². The van der Waals surface area contributed by atoms with Gasteiger partial charge >= 0.3 is 11.9 Å². The quantitative estimate of drug-likeness (QED) is 0.176. The lowest BCUT2D eigenvalue weighted by atomic mass is 9.80. The van der Waals surface area contributed by atoms with Crippen LogP contribution in [0.4, 0.5) is 0 Å². The van der Waals surface area contributed by atoms with E-state index in [2.05, 4.69) is 40.7 Å². The Morgan fingerprint density at radius 3 is 2.38 bits per heavy atom. The molecule has 0 radical (unpaired) electrons. The molecule has 3 aromatic heterocycles. The van der Waals surface area contributed by atoms with E-state index in [4.69, 9.17) is 4.74 Å². The highest BCUT2D eigenvalue weighted by Gasteiger charge is 2.46. The smallest absolute Gasteiger partial charge is 0.320 e. The van der Waals surface area contributed by atoms with Crippen LogP contribution < -0.4 is 26.6 Å². The number of carbonyl (C=O) groups is 3. The van der Waals surface area contributed by atoms with Crippen molar-refractivity contribution >= 4 is 53.9 Å². The lowest BCUT2D eigenvalue weighted by Gasteiger charge is -2.26. The van der Waals surface area contributed by atoms with Gasteiger partial charge in [0.15, 0.2) is 6.29 Å². The predicted molar refractivity (Wildman–Crippen MR) is 172 cm³/mol. The number of esters is 1. The average Bonchev–Trinajstić information content (AvgIpc) is 3.76. The van der Waals surface area contributed by atoms with Crippen LogP contribution in [0.15, 0.2) is 12.3 Å². The van der Waals surface area contributed by atoms with Crippen molar-refractivity contribution in [1.82, 2.24) is 20.3 Å². The van der Waals surface area contributed by atoms with E-state index in [1.54, 1.807) is 6.08 Å². The van der Waals surface area contributed by atoms with Gasteiger partial charge in [0.2, 0.25) is 0 Å². The molecule has 2 aliphatic heterocycles. The standard InChI is InChI=1S/C35H38N4O6/c1-7-18-15(3)22-11-26-19(8-2)21(14-40)27(37-26)12-23-16(4)20(9-10-28(41)42)32(38-23)30-31(35(44)45-6)34(43)29-17(5)24(39-33(29)30)13-25(18)36-22/h8,11-14,16,20,31-32,36-39,43H,2,7,9-10H2,1,3-6H3,(H,41,42)/b22-11-,23-12-,25-13-/t16-,20-,31+,32?/m0/s1. The fourth-order valence-electron chi connectivity index (χ4n) is 7.54. The van der Waals surface area contributed by atoms with Crippen LogP contribution in [0, 0.1) is 31.6 Å². The minimum absolute atomic E-state index is 0.0716. The van der Waals surface area contributed by atoms with Crippen molar-refractivity contribution in [3.8, 4) is 0 Å². The number of aromatic amines is 3. The molecule has 0 amide bonds. The zero-order chi connectivity index (χ0) is 32.3. The highest BCUT2D eigenvalue weighted by atomic mass is 16.5. The fraction of sp³-hybridized carbons (Fsp3) is 0.343. The van der Waals surface area contributed by atoms with Crippen molar-refractivity contribution in [2.75, 3.05) is 7.11 Å². The van der Waals surface area contributed by atoms with Gasteiger partial charge in [-0.25, -0.2) is 0 Å². The summed E-state index contributed by atoms with van der Waals surface area (Å²) in [6.45, 7) is 12.0. The molecule has 0 spiro atoms. The number of methoxy groups -OCH3 is 1. The maximum Gasteiger partial charge on any atom is 0.320 e. The predicted octanol–water partition coefficient (Wildman–Crippen LogP) is 2.03. The van der Waals surface area contributed by atoms with Gasteiger partial charge in [-0.3, -0.25) is 14.4 Å². The van der Waals surface area contributed by atoms with Crippen LogP contribution in [0.25, 0.3) is 35.6 Å². The number of fused-ring (bicyclic) bond motifs is 8. The molecule has 1 unspecified atom stereocenters. The number of carboxylic acid groups (broad SMARTS) is 1. The molecule has 10 nitrogen and oxygen atoms in total. The van der Waals surface area contributed by atoms with Gasteiger partial charge in [-0.1, -0.05) is 26.5 Å². The Morgan fingerprint density at radius 1 is 1.02 bits per heavy atom. The minimum atomic E-state index is -1.06. The number of carbonyl (C=O) groups excluding carboxylic acids is 2. The third kappa shape index (κ3) is 4.58. The van der Waals surface area contributed by atoms with Gasteiger partial charge in [0.25, 0.3) is 0 Å². The zero-order valence-corrected chi connectivity index (χ0v) is 26.1. The second-order valence-corrected chi connectivity index (χ2v) is 12.1. The first-order chi connectivity index (χ1) is 21.5. The number of aldehydes is 1. The van der Waals surface area contributed by atoms with E-state index in [1.807, 2.05) is 32.1 Å². The Kier molecular flexibility index (Phi) is 7.46. The number of hydrogen-bond donors (Lipinski definition) is 6. The van der Waals surface area contributed by atoms with Crippen molar-refractivity contribution < 1.29 is 29.3 Å². The number of aromatic nitrogens is 3. The Balaban J connectivity index is 1.75. The number of hydrogen-bond acceptors (Lipinski definition) is 6. The lowest BCUT2D eigenvalue weighted by Crippen LogP contribution is -2.38. The van der Waals surface area contributed by atoms with Crippen molar-refractivity contribution in [2.45, 2.75) is 53.0 Å². The molecule has 3 aromatic rings. The number of aliphatic hydroxyl groups is 1. The molecule has 10 heteroatoms. The van der Waals surface area contributed by atoms with Gasteiger partial charge in [-0.15, -0.1) is 0 Å². The number of carboxylic acids is 1. The van der Waals surface area contributed by atoms with Crippen LogP contribution >= 0.6 is 0 Å². The van der Waals surface area contributed by atoms with E-state index in [1.165, 1.54) is 7.11 Å². The first kappa shape index (κ1) is 30.1. The van der Waals surface area contributed by atoms with Crippen LogP contribution in [0.3, 0.4) is 0 Å². The lowest BCUT2D eigenvalue weighted by molar-refractivity contribution is -0.142. The Labute approximate surface area is 259 Å². The van der Waals surface area contributed by atoms with Gasteiger partial charge in [-0.05, 0) is 73.1 Å². The summed E-state index contributed by atoms with van der Waals surface area (Å²) in [6.07, 6.45) is 9.38. The maximum atomic E-state index is 13.3. The van der Waals surface area contributed by atoms with Gasteiger partial charge in [0.05, 0.1) is 24.2 Å². The summed E-state index contributed by atoms with van der Waals surface area (Å²) >= 11 is 0. The topological polar surface area (TPSA) is 160 Å². The van der Waals surface area contributed by atoms with Crippen LogP contribution in [0.1, 0.15) is 76.4 Å². The van der Waals surface area contributed by atoms with E-state index >= 15 is 0 Å². The van der Waals surface area contributed by atoms with Gasteiger partial charge < -0.3 is 35.2 Å². The van der Waals surface area contributed by atoms with Crippen LogP contribution in [-0.4, -0.2) is 56.5 Å². The molecule has 1 aliphatic carbocycles. The van der Waals surface area contributed by atoms with Gasteiger partial charge in [0, 0.05) is 56.5 Å². The van der Waals surface area contributed by atoms with Crippen LogP contribution in [-0.2, 0) is 20.7 Å². The van der Waals surface area contributed by atoms with Crippen LogP contribution in [0.2, 0.25) is 0 Å². The summed E-state index contributed by atoms with van der Waals surface area (Å²) in [5.41, 5.74) is 7.60. The van der Waals surface area contributed by atoms with Crippen molar-refractivity contribution in [1.29, 1.82) is 0 Å². The summed E-state index contributed by atoms with van der Waals surface area (Å²) in [7, 11) is 1.29. The van der Waals surface area contributed by atoms with Crippen molar-refractivity contribution in [3.63, 3.8) is 0 Å². The van der Waals surface area contributed by atoms with Gasteiger partial charge in [-0.2, -0.15) is 0 Å². The molecule has 8 bridgehead atoms. The van der Waals surface area contributed by atoms with E-state index in [-0.39, 0.29) is 24.0 Å². The molecule has 1 saturated heterocycles. The number of H-pyrrole nitrogens is 3. The normalized spacial score (nSPS) is 24.2. The third-order valence-electron chi connectivity index (χ3n) is 9.91. The summed E-state index contributed by atoms with van der Waals surface area (Å²) in [5, 5.41) is 27.8. The molecule has 6 N–H and O–H groups in total. The molecule has 4 atom stereocenters. The number of ether oxygens (including phenoxy) is 1. The number of nitrogens with one attached hydrogen (secondary N) is 4. The summed E-state index contributed by atoms with van der Waals surface area (Å²) in [5.74, 6) is -3.10. The molecule has 3 aliphatic rings. The summed E-state index contributed by atoms with van der Waals surface area (Å²) in [4.78, 5) is 48.0. The summed E-state index contributed by atoms with van der Waals surface area (Å²) < 4.78 is 5.18. The first-order valence-corrected chi connectivity index (χ1v) is 15.2. The second kappa shape index (κ2) is 11.2. The Hall–Kier alpha value is -4.99. The van der Waals surface area contributed by atoms with E-state index in [0.717, 1.165) is 57.2 Å². The Morgan fingerprint density at radius 2 is 1.73 bits per heavy atom. The summed E-state index contributed by atoms with van der Waals surface area (Å²) in [6, 6.07) is -0.512. The maximum absolute atomic E-state index is 13.3. The number of rotatable bonds is 7. The fourth-order valence-corrected chi connectivity index (χ4v) is 7.54. The zero-order valence-electron chi connectivity index (χ0n) is 26.1. The third-order valence-corrected chi connectivity index (χ3v) is 9.91. The average molecular weight is 611 g/mol. The van der Waals surface area contributed by atoms with Crippen molar-refractivity contribution in [3.05, 3.63) is 78.4 Å². The SMILES string of the molecule is C=Cc1c2[nH]c(c1C=O)/C=C1\NC(C3=c4[nH]c(c(C)c4=C(O)[C@@H]3C(=O)OC)/C=c3\[nH]/c(c(C)c3CC)=C\2)[C@@H](CCC(=O)O)[C@@H]1C. The molecule has 6 rings (SSSR count). The van der Waals surface area contributed by atoms with E-state index in [0.29, 0.717) is 39.4 Å². The van der Waals surface area contributed by atoms with Gasteiger partial charge in [0.1, 0.15) is 11.7 Å². The molecule has 0 saturated carbocycles. The monoisotopic (exact) mass is 610 g/mol. The largest absolute Gasteiger partial charge is 0.510 e. The number of allylic oxidation sites excluding steroid dienone is 1. The van der Waals surface area contributed by atoms with Crippen LogP contribution in [0.5, 0.6) is 0 Å². The molecular weight excluding hydrogens is 572 g/mol. The molecule has 5 heterocycles.